The van der Waals surface area contributed by atoms with Gasteiger partial charge in [-0.1, -0.05) is 12.6 Å². The first-order valence-electron chi connectivity index (χ1n) is 9.88. The van der Waals surface area contributed by atoms with Gasteiger partial charge in [-0.25, -0.2) is 4.39 Å². The second-order valence-corrected chi connectivity index (χ2v) is 7.72. The highest BCUT2D eigenvalue weighted by Gasteiger charge is 2.30. The van der Waals surface area contributed by atoms with Crippen LogP contribution >= 0.6 is 0 Å². The molecule has 2 heterocycles. The highest BCUT2D eigenvalue weighted by molar-refractivity contribution is 6.04. The predicted octanol–water partition coefficient (Wildman–Crippen LogP) is 4.57. The lowest BCUT2D eigenvalue weighted by Gasteiger charge is -2.27. The van der Waals surface area contributed by atoms with Crippen LogP contribution in [0.25, 0.3) is 0 Å². The molecule has 1 atom stereocenters. The molecule has 1 amide bonds. The van der Waals surface area contributed by atoms with Gasteiger partial charge in [0.25, 0.3) is 5.91 Å². The monoisotopic (exact) mass is 379 g/mol. The predicted molar refractivity (Wildman–Crippen MR) is 111 cm³/mol. The molecular weight excluding hydrogens is 353 g/mol. The number of carbonyl (C=O) groups excluding carboxylic acids is 1. The van der Waals surface area contributed by atoms with E-state index in [9.17, 15) is 9.18 Å². The summed E-state index contributed by atoms with van der Waals surface area (Å²) in [5, 5.41) is 2.89. The van der Waals surface area contributed by atoms with Crippen molar-refractivity contribution < 1.29 is 9.18 Å². The number of anilines is 2. The number of nitrogens with zero attached hydrogens (tertiary/aromatic N) is 2. The van der Waals surface area contributed by atoms with Gasteiger partial charge in [-0.05, 0) is 68.1 Å². The van der Waals surface area contributed by atoms with Crippen LogP contribution in [0.2, 0.25) is 0 Å². The summed E-state index contributed by atoms with van der Waals surface area (Å²) in [6, 6.07) is 12.4. The zero-order valence-electron chi connectivity index (χ0n) is 16.2. The molecule has 2 aromatic rings. The van der Waals surface area contributed by atoms with Crippen molar-refractivity contribution in [2.24, 2.45) is 0 Å². The summed E-state index contributed by atoms with van der Waals surface area (Å²) in [6.07, 6.45) is 3.49. The van der Waals surface area contributed by atoms with Crippen LogP contribution < -0.4 is 10.2 Å². The Labute approximate surface area is 165 Å². The Hall–Kier alpha value is -2.82. The summed E-state index contributed by atoms with van der Waals surface area (Å²) in [7, 11) is 0. The lowest BCUT2D eigenvalue weighted by Crippen LogP contribution is -2.34. The van der Waals surface area contributed by atoms with E-state index in [-0.39, 0.29) is 5.91 Å². The Kier molecular flexibility index (Phi) is 5.07. The molecule has 4 rings (SSSR count). The average molecular weight is 379 g/mol. The molecule has 0 aliphatic carbocycles. The van der Waals surface area contributed by atoms with E-state index in [1.165, 1.54) is 29.9 Å². The Morgan fingerprint density at radius 2 is 2.07 bits per heavy atom. The Bertz CT molecular complexity index is 910. The van der Waals surface area contributed by atoms with Gasteiger partial charge in [-0.3, -0.25) is 4.79 Å². The van der Waals surface area contributed by atoms with E-state index in [0.717, 1.165) is 43.7 Å². The first-order chi connectivity index (χ1) is 13.5. The molecule has 4 nitrogen and oxygen atoms in total. The van der Waals surface area contributed by atoms with Crippen molar-refractivity contribution in [3.63, 3.8) is 0 Å². The highest BCUT2D eigenvalue weighted by Crippen LogP contribution is 2.31. The van der Waals surface area contributed by atoms with Gasteiger partial charge in [0, 0.05) is 48.3 Å². The van der Waals surface area contributed by atoms with E-state index in [0.29, 0.717) is 11.6 Å². The topological polar surface area (TPSA) is 35.6 Å². The maximum atomic E-state index is 13.3. The van der Waals surface area contributed by atoms with Crippen LogP contribution in [0.5, 0.6) is 0 Å². The van der Waals surface area contributed by atoms with Gasteiger partial charge < -0.3 is 15.1 Å². The fourth-order valence-corrected chi connectivity index (χ4v) is 4.24. The zero-order valence-corrected chi connectivity index (χ0v) is 16.2. The fraction of sp³-hybridized carbons (Fsp3) is 0.348. The number of allylic oxidation sites excluding steroid dienone is 1. The quantitative estimate of drug-likeness (QED) is 0.845. The molecule has 2 fully saturated rings. The highest BCUT2D eigenvalue weighted by atomic mass is 19.1. The number of hydrogen-bond donors (Lipinski definition) is 1. The van der Waals surface area contributed by atoms with E-state index in [2.05, 4.69) is 33.8 Å². The molecule has 0 spiro atoms. The van der Waals surface area contributed by atoms with Gasteiger partial charge >= 0.3 is 0 Å². The summed E-state index contributed by atoms with van der Waals surface area (Å²) in [4.78, 5) is 17.3. The number of likely N-dealkylation sites (tertiary alicyclic amines) is 1. The molecule has 2 aromatic carbocycles. The molecule has 1 N–H and O–H groups in total. The molecule has 0 unspecified atom stereocenters. The van der Waals surface area contributed by atoms with Crippen molar-refractivity contribution in [3.05, 3.63) is 71.7 Å². The van der Waals surface area contributed by atoms with E-state index < -0.39 is 5.82 Å². The lowest BCUT2D eigenvalue weighted by atomic mass is 10.1. The van der Waals surface area contributed by atoms with E-state index in [4.69, 9.17) is 0 Å². The Morgan fingerprint density at radius 1 is 1.21 bits per heavy atom. The average Bonchev–Trinajstić information content (AvgIpc) is 3.32. The third-order valence-electron chi connectivity index (χ3n) is 5.78. The minimum Gasteiger partial charge on any atom is -0.370 e. The Balaban J connectivity index is 1.43. The van der Waals surface area contributed by atoms with Crippen molar-refractivity contribution in [2.45, 2.75) is 32.2 Å². The van der Waals surface area contributed by atoms with E-state index in [1.54, 1.807) is 12.1 Å². The van der Waals surface area contributed by atoms with Crippen molar-refractivity contribution in [2.75, 3.05) is 29.9 Å². The van der Waals surface area contributed by atoms with Crippen LogP contribution in [0.3, 0.4) is 0 Å². The maximum absolute atomic E-state index is 13.3. The minimum atomic E-state index is -0.413. The molecule has 28 heavy (non-hydrogen) atoms. The van der Waals surface area contributed by atoms with Crippen LogP contribution in [0.4, 0.5) is 15.8 Å². The molecule has 146 valence electrons. The largest absolute Gasteiger partial charge is 0.370 e. The third-order valence-corrected chi connectivity index (χ3v) is 5.78. The van der Waals surface area contributed by atoms with Gasteiger partial charge in [-0.2, -0.15) is 0 Å². The molecule has 2 saturated heterocycles. The van der Waals surface area contributed by atoms with Crippen molar-refractivity contribution in [1.29, 1.82) is 0 Å². The fourth-order valence-electron chi connectivity index (χ4n) is 4.24. The van der Waals surface area contributed by atoms with Gasteiger partial charge in [0.2, 0.25) is 0 Å². The first kappa shape index (κ1) is 18.5. The standard InChI is InChI=1S/C23H26FN3O/c1-16-13-20(26-12-10-21(15-26)27-11-4-5-17(27)2)8-9-22(16)25-23(28)18-6-3-7-19(24)14-18/h3,6-9,13-14,21H,2,4-5,10-12,15H2,1H3,(H,25,28)/t21-/m0/s1. The number of hydrogen-bond acceptors (Lipinski definition) is 3. The number of halogens is 1. The molecule has 0 bridgehead atoms. The van der Waals surface area contributed by atoms with E-state index in [1.807, 2.05) is 13.0 Å². The molecule has 0 aromatic heterocycles. The van der Waals surface area contributed by atoms with E-state index >= 15 is 0 Å². The number of aryl methyl sites for hydroxylation is 1. The van der Waals surface area contributed by atoms with Crippen LogP contribution in [0, 0.1) is 12.7 Å². The number of nitrogens with one attached hydrogen (secondary N) is 1. The van der Waals surface area contributed by atoms with Crippen molar-refractivity contribution in [1.82, 2.24) is 4.90 Å². The minimum absolute atomic E-state index is 0.302. The second kappa shape index (κ2) is 7.66. The number of carbonyl (C=O) groups is 1. The van der Waals surface area contributed by atoms with Crippen molar-refractivity contribution >= 4 is 17.3 Å². The van der Waals surface area contributed by atoms with Crippen LogP contribution in [0.15, 0.2) is 54.7 Å². The van der Waals surface area contributed by atoms with Crippen LogP contribution in [-0.4, -0.2) is 36.5 Å². The first-order valence-corrected chi connectivity index (χ1v) is 9.88. The maximum Gasteiger partial charge on any atom is 0.255 e. The summed E-state index contributed by atoms with van der Waals surface area (Å²) in [5.74, 6) is -0.715. The van der Waals surface area contributed by atoms with Gasteiger partial charge in [0.15, 0.2) is 0 Å². The van der Waals surface area contributed by atoms with Gasteiger partial charge in [-0.15, -0.1) is 0 Å². The molecule has 0 saturated carbocycles. The summed E-state index contributed by atoms with van der Waals surface area (Å²) in [6.45, 7) is 9.36. The molecule has 0 radical (unpaired) electrons. The molecule has 2 aliphatic rings. The number of amides is 1. The molecule has 5 heteroatoms. The summed E-state index contributed by atoms with van der Waals surface area (Å²) in [5.41, 5.74) is 4.52. The summed E-state index contributed by atoms with van der Waals surface area (Å²) < 4.78 is 13.3. The number of rotatable bonds is 4. The smallest absolute Gasteiger partial charge is 0.255 e. The van der Waals surface area contributed by atoms with Crippen molar-refractivity contribution in [3.8, 4) is 0 Å². The third kappa shape index (κ3) is 3.75. The number of benzene rings is 2. The van der Waals surface area contributed by atoms with Gasteiger partial charge in [0.1, 0.15) is 5.82 Å². The zero-order chi connectivity index (χ0) is 19.7. The SMILES string of the molecule is C=C1CCCN1[C@H]1CCN(c2ccc(NC(=O)c3cccc(F)c3)c(C)c2)C1. The Morgan fingerprint density at radius 3 is 2.79 bits per heavy atom. The summed E-state index contributed by atoms with van der Waals surface area (Å²) >= 11 is 0. The second-order valence-electron chi connectivity index (χ2n) is 7.72. The molecule has 2 aliphatic heterocycles. The molecular formula is C23H26FN3O. The lowest BCUT2D eigenvalue weighted by molar-refractivity contribution is 0.102. The normalized spacial score (nSPS) is 19.4. The van der Waals surface area contributed by atoms with Gasteiger partial charge in [0.05, 0.1) is 0 Å². The van der Waals surface area contributed by atoms with Crippen LogP contribution in [0.1, 0.15) is 35.2 Å². The van der Waals surface area contributed by atoms with Crippen LogP contribution in [-0.2, 0) is 0 Å².